The van der Waals surface area contributed by atoms with E-state index < -0.39 is 16.1 Å². The molecule has 0 aromatic carbocycles. The lowest BCUT2D eigenvalue weighted by molar-refractivity contribution is 1.28. The quantitative estimate of drug-likeness (QED) is 0.428. The van der Waals surface area contributed by atoms with E-state index in [0.29, 0.717) is 0 Å². The largest absolute Gasteiger partial charge is 0.261 e. The van der Waals surface area contributed by atoms with Crippen molar-refractivity contribution < 1.29 is 0 Å². The summed E-state index contributed by atoms with van der Waals surface area (Å²) in [6.45, 7) is 18.2. The predicted octanol–water partition coefficient (Wildman–Crippen LogP) is 4.92. The van der Waals surface area contributed by atoms with Crippen LogP contribution in [0.1, 0.15) is 13.8 Å². The number of hydrogen-bond donors (Lipinski definition) is 1. The minimum atomic E-state index is -1.30. The molecule has 0 atom stereocenters. The number of nitrogens with zero attached hydrogens (tertiary/aromatic N) is 1. The molecule has 0 N–H and O–H groups in total. The number of aliphatic imine (C=N–C) groups is 1. The molecule has 0 fully saturated rings. The SMILES string of the molecule is C/C(S)=C(\C)N=CC(=C[Si](C)(C)C)[Si](C)(C)C. The molecule has 0 spiro atoms. The van der Waals surface area contributed by atoms with Crippen molar-refractivity contribution >= 4 is 35.0 Å². The zero-order valence-corrected chi connectivity index (χ0v) is 15.4. The first-order valence-corrected chi connectivity index (χ1v) is 13.6. The number of rotatable bonds is 4. The van der Waals surface area contributed by atoms with E-state index >= 15 is 0 Å². The molecule has 98 valence electrons. The fourth-order valence-electron chi connectivity index (χ4n) is 1.17. The van der Waals surface area contributed by atoms with Crippen LogP contribution in [-0.2, 0) is 0 Å². The average Bonchev–Trinajstić information content (AvgIpc) is 2.07. The zero-order valence-electron chi connectivity index (χ0n) is 12.5. The Morgan fingerprint density at radius 1 is 1.00 bits per heavy atom. The van der Waals surface area contributed by atoms with Crippen molar-refractivity contribution in [2.75, 3.05) is 0 Å². The molecule has 17 heavy (non-hydrogen) atoms. The molecule has 0 aliphatic heterocycles. The summed E-state index contributed by atoms with van der Waals surface area (Å²) in [6, 6.07) is 0. The summed E-state index contributed by atoms with van der Waals surface area (Å²) < 4.78 is 0. The molecule has 4 heteroatoms. The van der Waals surface area contributed by atoms with Gasteiger partial charge >= 0.3 is 0 Å². The van der Waals surface area contributed by atoms with E-state index in [2.05, 4.69) is 68.8 Å². The van der Waals surface area contributed by atoms with Crippen molar-refractivity contribution in [3.05, 3.63) is 21.5 Å². The molecule has 0 heterocycles. The van der Waals surface area contributed by atoms with Crippen molar-refractivity contribution in [2.45, 2.75) is 53.1 Å². The van der Waals surface area contributed by atoms with E-state index in [1.807, 2.05) is 13.8 Å². The third-order valence-corrected chi connectivity index (χ3v) is 6.17. The van der Waals surface area contributed by atoms with Gasteiger partial charge in [-0.3, -0.25) is 4.99 Å². The molecule has 0 aliphatic carbocycles. The summed E-state index contributed by atoms with van der Waals surface area (Å²) in [5.41, 5.74) is 3.50. The van der Waals surface area contributed by atoms with Gasteiger partial charge in [-0.05, 0) is 23.9 Å². The normalized spacial score (nSPS) is 16.4. The molecule has 0 amide bonds. The molecule has 1 nitrogen and oxygen atoms in total. The monoisotopic (exact) mass is 285 g/mol. The molecule has 0 rings (SSSR count). The van der Waals surface area contributed by atoms with Crippen LogP contribution in [0, 0.1) is 0 Å². The summed E-state index contributed by atoms with van der Waals surface area (Å²) in [4.78, 5) is 5.53. The van der Waals surface area contributed by atoms with Gasteiger partial charge in [-0.25, -0.2) is 0 Å². The lowest BCUT2D eigenvalue weighted by Crippen LogP contribution is -2.29. The Kier molecular flexibility index (Phi) is 6.18. The minimum absolute atomic E-state index is 0.990. The molecule has 0 saturated carbocycles. The summed E-state index contributed by atoms with van der Waals surface area (Å²) >= 11 is 4.32. The summed E-state index contributed by atoms with van der Waals surface area (Å²) in [5.74, 6) is 0. The summed E-state index contributed by atoms with van der Waals surface area (Å²) in [6.07, 6.45) is 2.07. The fourth-order valence-corrected chi connectivity index (χ4v) is 5.72. The lowest BCUT2D eigenvalue weighted by Gasteiger charge is -2.21. The standard InChI is InChI=1S/C13H27NSSi2/c1-11(12(2)15)14-9-13(17(6,7)8)10-16(3,4)5/h9-10,15H,1-8H3/b12-11-,13-10?,14-9?. The molecule has 0 saturated heterocycles. The average molecular weight is 286 g/mol. The summed E-state index contributed by atoms with van der Waals surface area (Å²) in [5, 5.41) is 1.46. The highest BCUT2D eigenvalue weighted by molar-refractivity contribution is 7.84. The van der Waals surface area contributed by atoms with Gasteiger partial charge in [0.25, 0.3) is 0 Å². The van der Waals surface area contributed by atoms with Crippen molar-refractivity contribution in [1.29, 1.82) is 0 Å². The van der Waals surface area contributed by atoms with E-state index in [-0.39, 0.29) is 0 Å². The van der Waals surface area contributed by atoms with Crippen LogP contribution < -0.4 is 0 Å². The van der Waals surface area contributed by atoms with Crippen LogP contribution in [0.5, 0.6) is 0 Å². The lowest BCUT2D eigenvalue weighted by atomic mass is 10.4. The van der Waals surface area contributed by atoms with Crippen LogP contribution >= 0.6 is 12.6 Å². The number of thiol groups is 1. The highest BCUT2D eigenvalue weighted by Crippen LogP contribution is 2.18. The van der Waals surface area contributed by atoms with Crippen LogP contribution in [0.4, 0.5) is 0 Å². The highest BCUT2D eigenvalue weighted by Gasteiger charge is 2.21. The second kappa shape index (κ2) is 6.20. The summed E-state index contributed by atoms with van der Waals surface area (Å²) in [7, 11) is -2.48. The Labute approximate surface area is 115 Å². The van der Waals surface area contributed by atoms with Crippen LogP contribution in [0.15, 0.2) is 26.5 Å². The molecule has 0 unspecified atom stereocenters. The molecule has 0 bridgehead atoms. The van der Waals surface area contributed by atoms with Gasteiger partial charge in [-0.15, -0.1) is 12.6 Å². The van der Waals surface area contributed by atoms with Crippen LogP contribution in [-0.4, -0.2) is 22.4 Å². The van der Waals surface area contributed by atoms with Gasteiger partial charge in [-0.2, -0.15) is 0 Å². The Bertz CT molecular complexity index is 351. The van der Waals surface area contributed by atoms with E-state index in [0.717, 1.165) is 10.6 Å². The smallest absolute Gasteiger partial charge is 0.0786 e. The van der Waals surface area contributed by atoms with Crippen molar-refractivity contribution in [3.63, 3.8) is 0 Å². The van der Waals surface area contributed by atoms with Crippen molar-refractivity contribution in [1.82, 2.24) is 0 Å². The number of hydrogen-bond acceptors (Lipinski definition) is 2. The Morgan fingerprint density at radius 3 is 1.76 bits per heavy atom. The number of allylic oxidation sites excluding steroid dienone is 3. The van der Waals surface area contributed by atoms with Crippen LogP contribution in [0.3, 0.4) is 0 Å². The van der Waals surface area contributed by atoms with Gasteiger partial charge in [0.1, 0.15) is 0 Å². The van der Waals surface area contributed by atoms with Gasteiger partial charge in [0.15, 0.2) is 0 Å². The Hall–Kier alpha value is -0.0662. The van der Waals surface area contributed by atoms with Gasteiger partial charge in [0.2, 0.25) is 0 Å². The van der Waals surface area contributed by atoms with Gasteiger partial charge in [0.05, 0.1) is 16.1 Å². The van der Waals surface area contributed by atoms with Crippen molar-refractivity contribution in [2.24, 2.45) is 4.99 Å². The molecule has 0 aliphatic rings. The van der Waals surface area contributed by atoms with E-state index in [4.69, 9.17) is 0 Å². The van der Waals surface area contributed by atoms with Crippen molar-refractivity contribution in [3.8, 4) is 0 Å². The molecule has 0 aromatic heterocycles. The molecular weight excluding hydrogens is 258 g/mol. The second-order valence-electron chi connectivity index (χ2n) is 6.64. The topological polar surface area (TPSA) is 12.4 Å². The maximum Gasteiger partial charge on any atom is 0.0786 e. The Balaban J connectivity index is 5.28. The van der Waals surface area contributed by atoms with E-state index in [9.17, 15) is 0 Å². The van der Waals surface area contributed by atoms with E-state index in [1.54, 1.807) is 0 Å². The third kappa shape index (κ3) is 7.79. The molecular formula is C13H27NSSi2. The third-order valence-electron chi connectivity index (χ3n) is 2.38. The first-order chi connectivity index (χ1) is 7.43. The molecule has 0 aromatic rings. The first kappa shape index (κ1) is 16.9. The fraction of sp³-hybridized carbons (Fsp3) is 0.615. The second-order valence-corrected chi connectivity index (χ2v) is 17.4. The maximum absolute atomic E-state index is 4.54. The van der Waals surface area contributed by atoms with Crippen LogP contribution in [0.2, 0.25) is 39.3 Å². The maximum atomic E-state index is 4.54. The van der Waals surface area contributed by atoms with Gasteiger partial charge < -0.3 is 0 Å². The highest BCUT2D eigenvalue weighted by atomic mass is 32.1. The van der Waals surface area contributed by atoms with Crippen LogP contribution in [0.25, 0.3) is 0 Å². The molecule has 0 radical (unpaired) electrons. The van der Waals surface area contributed by atoms with Gasteiger partial charge in [-0.1, -0.05) is 45.0 Å². The predicted molar refractivity (Wildman–Crippen MR) is 90.6 cm³/mol. The minimum Gasteiger partial charge on any atom is -0.261 e. The van der Waals surface area contributed by atoms with Gasteiger partial charge in [0, 0.05) is 11.9 Å². The Morgan fingerprint density at radius 2 is 1.47 bits per heavy atom. The van der Waals surface area contributed by atoms with E-state index in [1.165, 1.54) is 5.20 Å². The first-order valence-electron chi connectivity index (χ1n) is 6.07. The zero-order chi connectivity index (χ0) is 13.9.